The molecule has 0 aliphatic heterocycles. The summed E-state index contributed by atoms with van der Waals surface area (Å²) in [5.41, 5.74) is 5.31. The van der Waals surface area contributed by atoms with E-state index in [1.165, 1.54) is 26.1 Å². The van der Waals surface area contributed by atoms with Crippen molar-refractivity contribution in [1.29, 1.82) is 0 Å². The molecule has 1 rings (SSSR count). The van der Waals surface area contributed by atoms with Crippen molar-refractivity contribution in [2.24, 2.45) is 0 Å². The average Bonchev–Trinajstić information content (AvgIpc) is 2.61. The van der Waals surface area contributed by atoms with Crippen LogP contribution in [0.4, 0.5) is 5.95 Å². The Hall–Kier alpha value is -1.03. The summed E-state index contributed by atoms with van der Waals surface area (Å²) in [7, 11) is 1.84. The van der Waals surface area contributed by atoms with E-state index in [2.05, 4.69) is 15.4 Å². The van der Waals surface area contributed by atoms with Crippen LogP contribution in [0.3, 0.4) is 0 Å². The van der Waals surface area contributed by atoms with Crippen LogP contribution in [0.15, 0.2) is 0 Å². The minimum absolute atomic E-state index is 0.108. The van der Waals surface area contributed by atoms with Gasteiger partial charge < -0.3 is 19.0 Å². The predicted molar refractivity (Wildman–Crippen MR) is 49.0 cm³/mol. The number of hydrogen-bond acceptors (Lipinski definition) is 7. The van der Waals surface area contributed by atoms with Crippen LogP contribution in [-0.4, -0.2) is 50.3 Å². The summed E-state index contributed by atoms with van der Waals surface area (Å²) in [5.74, 6) is 0.108. The molecule has 0 spiro atoms. The van der Waals surface area contributed by atoms with Gasteiger partial charge in [0.2, 0.25) is 0 Å². The molecule has 0 saturated carbocycles. The summed E-state index contributed by atoms with van der Waals surface area (Å²) in [4.78, 5) is 1.29. The first kappa shape index (κ1) is 11.0. The van der Waals surface area contributed by atoms with Crippen molar-refractivity contribution in [3.8, 4) is 0 Å². The molecule has 1 heterocycles. The minimum Gasteiger partial charge on any atom is -0.376 e. The van der Waals surface area contributed by atoms with Crippen LogP contribution in [0.1, 0.15) is 0 Å². The molecule has 14 heavy (non-hydrogen) atoms. The Morgan fingerprint density at radius 3 is 2.21 bits per heavy atom. The Kier molecular flexibility index (Phi) is 3.52. The van der Waals surface area contributed by atoms with Crippen LogP contribution in [0, 0.1) is 0 Å². The highest BCUT2D eigenvalue weighted by molar-refractivity contribution is 6.59. The first-order valence-electron chi connectivity index (χ1n) is 3.84. The summed E-state index contributed by atoms with van der Waals surface area (Å²) < 4.78 is 15.5. The zero-order chi connectivity index (χ0) is 10.6. The summed E-state index contributed by atoms with van der Waals surface area (Å²) in [6.07, 6.45) is 0.278. The molecular formula is C5H13N5O3Si. The third kappa shape index (κ3) is 2.26. The smallest absolute Gasteiger partial charge is 0.376 e. The van der Waals surface area contributed by atoms with Gasteiger partial charge in [-0.2, -0.15) is 4.80 Å². The van der Waals surface area contributed by atoms with Gasteiger partial charge in [0.25, 0.3) is 5.95 Å². The Balaban J connectivity index is 2.73. The zero-order valence-electron chi connectivity index (χ0n) is 8.30. The lowest BCUT2D eigenvalue weighted by Crippen LogP contribution is -2.48. The third-order valence-corrected chi connectivity index (χ3v) is 4.27. The molecule has 0 aliphatic rings. The fourth-order valence-electron chi connectivity index (χ4n) is 0.940. The van der Waals surface area contributed by atoms with E-state index >= 15 is 0 Å². The molecule has 0 unspecified atom stereocenters. The second-order valence-electron chi connectivity index (χ2n) is 2.47. The standard InChI is InChI=1S/C5H13N5O3Si/c1-11-14(12-2,13-3)4-10-8-5(6)7-9-10/h4H2,1-3H3,(H2,6,8). The number of hydrogen-bond donors (Lipinski definition) is 1. The van der Waals surface area contributed by atoms with E-state index in [0.29, 0.717) is 0 Å². The molecule has 0 amide bonds. The van der Waals surface area contributed by atoms with Gasteiger partial charge >= 0.3 is 8.80 Å². The van der Waals surface area contributed by atoms with Crippen molar-refractivity contribution in [2.75, 3.05) is 27.1 Å². The van der Waals surface area contributed by atoms with Crippen LogP contribution in [0.5, 0.6) is 0 Å². The van der Waals surface area contributed by atoms with E-state index in [9.17, 15) is 0 Å². The van der Waals surface area contributed by atoms with E-state index < -0.39 is 8.80 Å². The molecule has 0 atom stereocenters. The Bertz CT molecular complexity index is 280. The molecule has 80 valence electrons. The van der Waals surface area contributed by atoms with Gasteiger partial charge in [-0.05, 0) is 5.21 Å². The second kappa shape index (κ2) is 4.46. The van der Waals surface area contributed by atoms with E-state index in [-0.39, 0.29) is 12.1 Å². The van der Waals surface area contributed by atoms with Gasteiger partial charge in [0.15, 0.2) is 0 Å². The zero-order valence-corrected chi connectivity index (χ0v) is 9.30. The molecular weight excluding hydrogens is 206 g/mol. The summed E-state index contributed by atoms with van der Waals surface area (Å²) in [6.45, 7) is 0. The molecule has 9 heteroatoms. The van der Waals surface area contributed by atoms with Crippen molar-refractivity contribution in [3.63, 3.8) is 0 Å². The molecule has 0 aliphatic carbocycles. The maximum absolute atomic E-state index is 5.31. The first-order chi connectivity index (χ1) is 6.65. The van der Waals surface area contributed by atoms with Gasteiger partial charge in [-0.1, -0.05) is 5.10 Å². The highest BCUT2D eigenvalue weighted by atomic mass is 28.4. The van der Waals surface area contributed by atoms with Crippen LogP contribution in [0.2, 0.25) is 0 Å². The molecule has 0 aromatic carbocycles. The van der Waals surface area contributed by atoms with Crippen molar-refractivity contribution in [2.45, 2.75) is 6.17 Å². The maximum atomic E-state index is 5.31. The van der Waals surface area contributed by atoms with E-state index in [1.54, 1.807) is 0 Å². The second-order valence-corrected chi connectivity index (χ2v) is 5.38. The monoisotopic (exact) mass is 219 g/mol. The average molecular weight is 219 g/mol. The van der Waals surface area contributed by atoms with Gasteiger partial charge in [-0.25, -0.2) is 0 Å². The largest absolute Gasteiger partial charge is 0.524 e. The van der Waals surface area contributed by atoms with Crippen molar-refractivity contribution >= 4 is 14.8 Å². The molecule has 0 bridgehead atoms. The third-order valence-electron chi connectivity index (χ3n) is 1.74. The molecule has 1 aromatic heterocycles. The van der Waals surface area contributed by atoms with Gasteiger partial charge in [0.1, 0.15) is 6.17 Å². The predicted octanol–water partition coefficient (Wildman–Crippen LogP) is -1.33. The van der Waals surface area contributed by atoms with Crippen molar-refractivity contribution < 1.29 is 13.3 Å². The molecule has 0 fully saturated rings. The molecule has 1 aromatic rings. The van der Waals surface area contributed by atoms with E-state index in [4.69, 9.17) is 19.0 Å². The number of tetrazole rings is 1. The molecule has 0 radical (unpaired) electrons. The number of nitrogens with zero attached hydrogens (tertiary/aromatic N) is 4. The first-order valence-corrected chi connectivity index (χ1v) is 5.77. The fraction of sp³-hybridized carbons (Fsp3) is 0.800. The number of nitrogen functional groups attached to an aromatic ring is 1. The maximum Gasteiger partial charge on any atom is 0.524 e. The number of aromatic nitrogens is 4. The lowest BCUT2D eigenvalue weighted by Gasteiger charge is -2.22. The highest BCUT2D eigenvalue weighted by Gasteiger charge is 2.39. The summed E-state index contributed by atoms with van der Waals surface area (Å²) >= 11 is 0. The van der Waals surface area contributed by atoms with Crippen LogP contribution >= 0.6 is 0 Å². The SMILES string of the molecule is CO[Si](Cn1nnc(N)n1)(OC)OC. The van der Waals surface area contributed by atoms with Crippen molar-refractivity contribution in [3.05, 3.63) is 0 Å². The number of rotatable bonds is 5. The Labute approximate surface area is 82.3 Å². The quantitative estimate of drug-likeness (QED) is 0.613. The van der Waals surface area contributed by atoms with Gasteiger partial charge in [-0.15, -0.1) is 5.10 Å². The number of anilines is 1. The normalized spacial score (nSPS) is 11.9. The van der Waals surface area contributed by atoms with Crippen LogP contribution in [-0.2, 0) is 19.4 Å². The van der Waals surface area contributed by atoms with E-state index in [1.807, 2.05) is 0 Å². The topological polar surface area (TPSA) is 97.3 Å². The van der Waals surface area contributed by atoms with Gasteiger partial charge in [0.05, 0.1) is 0 Å². The summed E-state index contributed by atoms with van der Waals surface area (Å²) in [5, 5.41) is 11.0. The lowest BCUT2D eigenvalue weighted by atomic mass is 11.2. The molecule has 2 N–H and O–H groups in total. The fourth-order valence-corrected chi connectivity index (χ4v) is 2.31. The van der Waals surface area contributed by atoms with Crippen LogP contribution in [0.25, 0.3) is 0 Å². The summed E-state index contributed by atoms with van der Waals surface area (Å²) in [6, 6.07) is 0. The van der Waals surface area contributed by atoms with Crippen molar-refractivity contribution in [1.82, 2.24) is 20.2 Å². The Morgan fingerprint density at radius 1 is 1.29 bits per heavy atom. The molecule has 8 nitrogen and oxygen atoms in total. The number of nitrogens with two attached hydrogens (primary N) is 1. The van der Waals surface area contributed by atoms with E-state index in [0.717, 1.165) is 0 Å². The lowest BCUT2D eigenvalue weighted by molar-refractivity contribution is 0.112. The van der Waals surface area contributed by atoms with Gasteiger partial charge in [-0.3, -0.25) is 0 Å². The highest BCUT2D eigenvalue weighted by Crippen LogP contribution is 2.07. The Morgan fingerprint density at radius 2 is 1.86 bits per heavy atom. The van der Waals surface area contributed by atoms with Crippen LogP contribution < -0.4 is 5.73 Å². The molecule has 0 saturated heterocycles. The minimum atomic E-state index is -2.70. The van der Waals surface area contributed by atoms with Gasteiger partial charge in [0, 0.05) is 21.3 Å².